The Morgan fingerprint density at radius 3 is 1.94 bits per heavy atom. The topological polar surface area (TPSA) is 44.8 Å². The molecule has 0 aliphatic heterocycles. The molecule has 0 aliphatic rings. The van der Waals surface area contributed by atoms with Crippen LogP contribution in [0.2, 0.25) is 19.6 Å². The summed E-state index contributed by atoms with van der Waals surface area (Å²) in [5.41, 5.74) is 3.21. The zero-order valence-electron chi connectivity index (χ0n) is 12.3. The van der Waals surface area contributed by atoms with E-state index in [-0.39, 0.29) is 13.2 Å². The first-order valence-electron chi connectivity index (χ1n) is 6.36. The number of rotatable bonds is 7. The first kappa shape index (κ1) is 17.9. The fraction of sp³-hybridized carbons (Fsp3) is 0.833. The lowest BCUT2D eigenvalue weighted by Gasteiger charge is -2.19. The standard InChI is InChI=1S/C12H25O4PSi/c1-7-12(10-11-18(4,5)6)16-17(13,14-8-2)15-9-3/h12H,7-9H2,1-6H3/t12-/m0/s1. The maximum atomic E-state index is 12.2. The fourth-order valence-electron chi connectivity index (χ4n) is 1.07. The van der Waals surface area contributed by atoms with E-state index in [1.54, 1.807) is 13.8 Å². The van der Waals surface area contributed by atoms with E-state index in [0.29, 0.717) is 6.42 Å². The van der Waals surface area contributed by atoms with Crippen molar-refractivity contribution < 1.29 is 18.1 Å². The van der Waals surface area contributed by atoms with Crippen molar-refractivity contribution in [3.05, 3.63) is 0 Å². The summed E-state index contributed by atoms with van der Waals surface area (Å²) in [7, 11) is -4.92. The molecule has 0 amide bonds. The quantitative estimate of drug-likeness (QED) is 0.406. The average molecular weight is 292 g/mol. The minimum Gasteiger partial charge on any atom is -0.287 e. The summed E-state index contributed by atoms with van der Waals surface area (Å²) in [5.74, 6) is 3.04. The molecule has 6 heteroatoms. The normalized spacial score (nSPS) is 13.9. The Morgan fingerprint density at radius 2 is 1.61 bits per heavy atom. The van der Waals surface area contributed by atoms with Gasteiger partial charge in [-0.3, -0.25) is 13.6 Å². The summed E-state index contributed by atoms with van der Waals surface area (Å²) in [6, 6.07) is 0. The molecule has 0 saturated heterocycles. The molecule has 0 fully saturated rings. The minimum absolute atomic E-state index is 0.287. The van der Waals surface area contributed by atoms with E-state index in [2.05, 4.69) is 31.1 Å². The van der Waals surface area contributed by atoms with Gasteiger partial charge in [-0.15, -0.1) is 5.54 Å². The van der Waals surface area contributed by atoms with Crippen LogP contribution in [-0.2, 0) is 18.1 Å². The van der Waals surface area contributed by atoms with Gasteiger partial charge in [0.1, 0.15) is 14.2 Å². The number of hydrogen-bond donors (Lipinski definition) is 0. The zero-order valence-corrected chi connectivity index (χ0v) is 14.2. The second-order valence-electron chi connectivity index (χ2n) is 4.80. The van der Waals surface area contributed by atoms with E-state index in [1.165, 1.54) is 0 Å². The van der Waals surface area contributed by atoms with Crippen LogP contribution in [0.25, 0.3) is 0 Å². The number of hydrogen-bond acceptors (Lipinski definition) is 4. The SMILES string of the molecule is CCOP(=O)(OCC)O[C@H](C#C[Si](C)(C)C)CC. The molecule has 0 rings (SSSR count). The summed E-state index contributed by atoms with van der Waals surface area (Å²) >= 11 is 0. The highest BCUT2D eigenvalue weighted by molar-refractivity contribution is 7.48. The van der Waals surface area contributed by atoms with E-state index in [9.17, 15) is 4.57 Å². The Labute approximate surface area is 112 Å². The van der Waals surface area contributed by atoms with Crippen LogP contribution in [0, 0.1) is 11.5 Å². The van der Waals surface area contributed by atoms with Gasteiger partial charge in [-0.05, 0) is 20.3 Å². The van der Waals surface area contributed by atoms with Crippen molar-refractivity contribution in [1.82, 2.24) is 0 Å². The Kier molecular flexibility index (Phi) is 8.09. The van der Waals surface area contributed by atoms with Gasteiger partial charge in [0.15, 0.2) is 0 Å². The van der Waals surface area contributed by atoms with Gasteiger partial charge in [0, 0.05) is 0 Å². The van der Waals surface area contributed by atoms with Gasteiger partial charge in [-0.2, -0.15) is 0 Å². The van der Waals surface area contributed by atoms with Crippen molar-refractivity contribution in [2.75, 3.05) is 13.2 Å². The molecular formula is C12H25O4PSi. The van der Waals surface area contributed by atoms with Crippen molar-refractivity contribution in [2.24, 2.45) is 0 Å². The molecule has 0 aromatic rings. The zero-order chi connectivity index (χ0) is 14.2. The molecule has 0 radical (unpaired) electrons. The van der Waals surface area contributed by atoms with Crippen molar-refractivity contribution in [1.29, 1.82) is 0 Å². The van der Waals surface area contributed by atoms with Crippen molar-refractivity contribution >= 4 is 15.9 Å². The van der Waals surface area contributed by atoms with Crippen LogP contribution in [0.1, 0.15) is 27.2 Å². The maximum absolute atomic E-state index is 12.2. The third-order valence-corrected chi connectivity index (χ3v) is 4.37. The van der Waals surface area contributed by atoms with Gasteiger partial charge in [-0.1, -0.05) is 32.5 Å². The number of phosphoric ester groups is 1. The largest absolute Gasteiger partial charge is 0.475 e. The first-order valence-corrected chi connectivity index (χ1v) is 11.3. The van der Waals surface area contributed by atoms with Crippen LogP contribution < -0.4 is 0 Å². The molecule has 0 saturated carbocycles. The van der Waals surface area contributed by atoms with Gasteiger partial charge in [0.05, 0.1) is 13.2 Å². The molecule has 0 aromatic carbocycles. The summed E-state index contributed by atoms with van der Waals surface area (Å²) in [6.45, 7) is 12.5. The highest BCUT2D eigenvalue weighted by Gasteiger charge is 2.28. The summed E-state index contributed by atoms with van der Waals surface area (Å²) < 4.78 is 27.8. The highest BCUT2D eigenvalue weighted by atomic mass is 31.2. The molecule has 4 nitrogen and oxygen atoms in total. The summed E-state index contributed by atoms with van der Waals surface area (Å²) in [4.78, 5) is 0. The van der Waals surface area contributed by atoms with Crippen molar-refractivity contribution in [3.63, 3.8) is 0 Å². The van der Waals surface area contributed by atoms with E-state index in [0.717, 1.165) is 0 Å². The Morgan fingerprint density at radius 1 is 1.11 bits per heavy atom. The van der Waals surface area contributed by atoms with Gasteiger partial charge in [0.25, 0.3) is 0 Å². The first-order chi connectivity index (χ1) is 8.26. The maximum Gasteiger partial charge on any atom is 0.475 e. The van der Waals surface area contributed by atoms with Crippen LogP contribution >= 0.6 is 7.82 Å². The van der Waals surface area contributed by atoms with E-state index in [1.807, 2.05) is 6.92 Å². The second-order valence-corrected chi connectivity index (χ2v) is 11.2. The molecule has 106 valence electrons. The van der Waals surface area contributed by atoms with Gasteiger partial charge in [0.2, 0.25) is 0 Å². The molecule has 0 bridgehead atoms. The van der Waals surface area contributed by atoms with Crippen molar-refractivity contribution in [3.8, 4) is 11.5 Å². The Bertz CT molecular complexity index is 330. The van der Waals surface area contributed by atoms with E-state index in [4.69, 9.17) is 13.6 Å². The van der Waals surface area contributed by atoms with E-state index >= 15 is 0 Å². The monoisotopic (exact) mass is 292 g/mol. The molecule has 1 atom stereocenters. The van der Waals surface area contributed by atoms with E-state index < -0.39 is 22.0 Å². The van der Waals surface area contributed by atoms with Crippen molar-refractivity contribution in [2.45, 2.75) is 52.9 Å². The average Bonchev–Trinajstić information content (AvgIpc) is 2.23. The highest BCUT2D eigenvalue weighted by Crippen LogP contribution is 2.50. The van der Waals surface area contributed by atoms with Crippen LogP contribution in [0.3, 0.4) is 0 Å². The van der Waals surface area contributed by atoms with Crippen LogP contribution in [0.15, 0.2) is 0 Å². The Hall–Kier alpha value is -0.113. The fourth-order valence-corrected chi connectivity index (χ4v) is 3.01. The molecule has 0 spiro atoms. The Balaban J connectivity index is 4.76. The molecule has 0 N–H and O–H groups in total. The smallest absolute Gasteiger partial charge is 0.287 e. The lowest BCUT2D eigenvalue weighted by atomic mass is 10.3. The second kappa shape index (κ2) is 8.14. The molecule has 0 aromatic heterocycles. The third-order valence-electron chi connectivity index (χ3n) is 1.81. The van der Waals surface area contributed by atoms with Crippen LogP contribution in [0.5, 0.6) is 0 Å². The third kappa shape index (κ3) is 8.07. The molecule has 0 aliphatic carbocycles. The predicted molar refractivity (Wildman–Crippen MR) is 77.1 cm³/mol. The molecular weight excluding hydrogens is 267 g/mol. The molecule has 0 heterocycles. The molecule has 18 heavy (non-hydrogen) atoms. The summed E-state index contributed by atoms with van der Waals surface area (Å²) in [6.07, 6.45) is 0.252. The minimum atomic E-state index is -3.46. The summed E-state index contributed by atoms with van der Waals surface area (Å²) in [5, 5.41) is 0. The molecule has 0 unspecified atom stereocenters. The van der Waals surface area contributed by atoms with Crippen LogP contribution in [0.4, 0.5) is 0 Å². The lowest BCUT2D eigenvalue weighted by Crippen LogP contribution is -2.18. The lowest BCUT2D eigenvalue weighted by molar-refractivity contribution is 0.102. The predicted octanol–water partition coefficient (Wildman–Crippen LogP) is 3.84. The number of phosphoric acid groups is 1. The van der Waals surface area contributed by atoms with Gasteiger partial charge in [-0.25, -0.2) is 4.57 Å². The van der Waals surface area contributed by atoms with Gasteiger partial charge >= 0.3 is 7.82 Å². The van der Waals surface area contributed by atoms with Gasteiger partial charge < -0.3 is 0 Å². The van der Waals surface area contributed by atoms with Crippen LogP contribution in [-0.4, -0.2) is 27.4 Å².